The molecule has 1 amide bonds. The van der Waals surface area contributed by atoms with Crippen LogP contribution in [-0.2, 0) is 32.4 Å². The van der Waals surface area contributed by atoms with Crippen LogP contribution in [0, 0.1) is 5.92 Å². The van der Waals surface area contributed by atoms with Crippen LogP contribution < -0.4 is 5.32 Å². The molecule has 0 bridgehead atoms. The van der Waals surface area contributed by atoms with Crippen LogP contribution in [0.2, 0.25) is 0 Å². The fourth-order valence-electron chi connectivity index (χ4n) is 4.36. The Morgan fingerprint density at radius 1 is 1.03 bits per heavy atom. The molecule has 0 aromatic heterocycles. The van der Waals surface area contributed by atoms with Crippen molar-refractivity contribution in [1.29, 1.82) is 0 Å². The Hall–Kier alpha value is -2.71. The van der Waals surface area contributed by atoms with E-state index in [0.717, 1.165) is 24.9 Å². The molecule has 2 aromatic carbocycles. The first-order chi connectivity index (χ1) is 14.9. The summed E-state index contributed by atoms with van der Waals surface area (Å²) in [5.74, 6) is -1.02. The number of sulfonamides is 1. The lowest BCUT2D eigenvalue weighted by Gasteiger charge is -2.31. The van der Waals surface area contributed by atoms with E-state index in [1.54, 1.807) is 12.1 Å². The van der Waals surface area contributed by atoms with Gasteiger partial charge in [0.2, 0.25) is 15.9 Å². The highest BCUT2D eigenvalue weighted by Gasteiger charge is 2.34. The van der Waals surface area contributed by atoms with Gasteiger partial charge in [-0.05, 0) is 67.5 Å². The van der Waals surface area contributed by atoms with E-state index in [1.807, 2.05) is 12.1 Å². The molecule has 2 aliphatic rings. The van der Waals surface area contributed by atoms with E-state index in [4.69, 9.17) is 4.74 Å². The van der Waals surface area contributed by atoms with Crippen molar-refractivity contribution in [2.75, 3.05) is 25.5 Å². The number of fused-ring (bicyclic) bond motifs is 1. The predicted molar refractivity (Wildman–Crippen MR) is 116 cm³/mol. The van der Waals surface area contributed by atoms with Gasteiger partial charge in [0.15, 0.2) is 0 Å². The van der Waals surface area contributed by atoms with Gasteiger partial charge < -0.3 is 10.1 Å². The minimum absolute atomic E-state index is 0.0153. The predicted octanol–water partition coefficient (Wildman–Crippen LogP) is 3.00. The average molecular weight is 443 g/mol. The Morgan fingerprint density at radius 2 is 1.74 bits per heavy atom. The minimum Gasteiger partial charge on any atom is -0.465 e. The second-order valence-corrected chi connectivity index (χ2v) is 9.90. The Kier molecular flexibility index (Phi) is 6.11. The molecular formula is C23H26N2O5S. The summed E-state index contributed by atoms with van der Waals surface area (Å²) in [6.07, 6.45) is 4.14. The van der Waals surface area contributed by atoms with Gasteiger partial charge in [0.25, 0.3) is 0 Å². The van der Waals surface area contributed by atoms with Gasteiger partial charge in [-0.3, -0.25) is 4.79 Å². The van der Waals surface area contributed by atoms with Gasteiger partial charge in [-0.25, -0.2) is 13.2 Å². The molecule has 1 heterocycles. The number of esters is 1. The Labute approximate surface area is 182 Å². The van der Waals surface area contributed by atoms with Crippen LogP contribution in [0.1, 0.15) is 40.7 Å². The molecule has 0 saturated carbocycles. The third-order valence-corrected chi connectivity index (χ3v) is 8.06. The van der Waals surface area contributed by atoms with Crippen molar-refractivity contribution < 1.29 is 22.7 Å². The quantitative estimate of drug-likeness (QED) is 0.719. The number of amides is 1. The average Bonchev–Trinajstić information content (AvgIpc) is 3.26. The highest BCUT2D eigenvalue weighted by molar-refractivity contribution is 7.89. The van der Waals surface area contributed by atoms with E-state index in [0.29, 0.717) is 12.8 Å². The lowest BCUT2D eigenvalue weighted by molar-refractivity contribution is -0.120. The van der Waals surface area contributed by atoms with Crippen LogP contribution in [0.25, 0.3) is 0 Å². The second kappa shape index (κ2) is 8.80. The maximum atomic E-state index is 13.1. The first kappa shape index (κ1) is 21.5. The van der Waals surface area contributed by atoms with Gasteiger partial charge in [0.1, 0.15) is 0 Å². The number of piperidine rings is 1. The molecule has 31 heavy (non-hydrogen) atoms. The van der Waals surface area contributed by atoms with Crippen LogP contribution >= 0.6 is 0 Å². The second-order valence-electron chi connectivity index (χ2n) is 7.99. The maximum Gasteiger partial charge on any atom is 0.339 e. The van der Waals surface area contributed by atoms with Crippen molar-refractivity contribution in [2.45, 2.75) is 37.0 Å². The van der Waals surface area contributed by atoms with Crippen molar-refractivity contribution in [3.05, 3.63) is 59.2 Å². The van der Waals surface area contributed by atoms with Crippen molar-refractivity contribution >= 4 is 27.6 Å². The molecule has 0 atom stereocenters. The monoisotopic (exact) mass is 442 g/mol. The minimum atomic E-state index is -3.86. The van der Waals surface area contributed by atoms with Gasteiger partial charge in [-0.1, -0.05) is 18.2 Å². The first-order valence-corrected chi connectivity index (χ1v) is 11.9. The molecule has 164 valence electrons. The summed E-state index contributed by atoms with van der Waals surface area (Å²) in [6.45, 7) is 0.445. The van der Waals surface area contributed by atoms with Crippen LogP contribution in [0.3, 0.4) is 0 Å². The number of hydrogen-bond acceptors (Lipinski definition) is 5. The van der Waals surface area contributed by atoms with E-state index in [-0.39, 0.29) is 35.4 Å². The number of nitrogens with zero attached hydrogens (tertiary/aromatic N) is 1. The van der Waals surface area contributed by atoms with Crippen molar-refractivity contribution in [3.63, 3.8) is 0 Å². The molecule has 1 saturated heterocycles. The number of methoxy groups -OCH3 is 1. The highest BCUT2D eigenvalue weighted by Crippen LogP contribution is 2.28. The third kappa shape index (κ3) is 4.36. The molecule has 1 fully saturated rings. The summed E-state index contributed by atoms with van der Waals surface area (Å²) in [6, 6.07) is 12.1. The molecule has 0 spiro atoms. The van der Waals surface area contributed by atoms with E-state index >= 15 is 0 Å². The normalized spacial score (nSPS) is 17.2. The van der Waals surface area contributed by atoms with Gasteiger partial charge in [-0.15, -0.1) is 0 Å². The van der Waals surface area contributed by atoms with Gasteiger partial charge in [0, 0.05) is 24.7 Å². The number of carbonyl (C=O) groups is 2. The lowest BCUT2D eigenvalue weighted by atomic mass is 9.97. The molecule has 0 unspecified atom stereocenters. The van der Waals surface area contributed by atoms with Crippen molar-refractivity contribution in [2.24, 2.45) is 5.92 Å². The zero-order valence-corrected chi connectivity index (χ0v) is 18.3. The SMILES string of the molecule is COC(=O)c1ccccc1S(=O)(=O)N1CCC(C(=O)Nc2ccc3c(c2)CCC3)CC1. The number of anilines is 1. The topological polar surface area (TPSA) is 92.8 Å². The largest absolute Gasteiger partial charge is 0.465 e. The smallest absolute Gasteiger partial charge is 0.339 e. The van der Waals surface area contributed by atoms with E-state index in [2.05, 4.69) is 11.4 Å². The van der Waals surface area contributed by atoms with E-state index in [1.165, 1.54) is 34.7 Å². The number of ether oxygens (including phenoxy) is 1. The molecule has 8 heteroatoms. The van der Waals surface area contributed by atoms with E-state index in [9.17, 15) is 18.0 Å². The molecule has 2 aromatic rings. The Morgan fingerprint density at radius 3 is 2.48 bits per heavy atom. The Bertz CT molecular complexity index is 1100. The zero-order chi connectivity index (χ0) is 22.0. The number of benzene rings is 2. The highest BCUT2D eigenvalue weighted by atomic mass is 32.2. The summed E-state index contributed by atoms with van der Waals surface area (Å²) in [5, 5.41) is 2.99. The molecule has 0 radical (unpaired) electrons. The Balaban J connectivity index is 1.41. The lowest BCUT2D eigenvalue weighted by Crippen LogP contribution is -2.41. The number of carbonyl (C=O) groups excluding carboxylic acids is 2. The fourth-order valence-corrected chi connectivity index (χ4v) is 6.01. The van der Waals surface area contributed by atoms with Crippen LogP contribution in [0.15, 0.2) is 47.4 Å². The van der Waals surface area contributed by atoms with Crippen LogP contribution in [-0.4, -0.2) is 44.8 Å². The van der Waals surface area contributed by atoms with Crippen molar-refractivity contribution in [1.82, 2.24) is 4.31 Å². The van der Waals surface area contributed by atoms with Gasteiger partial charge in [0.05, 0.1) is 17.6 Å². The van der Waals surface area contributed by atoms with Crippen LogP contribution in [0.5, 0.6) is 0 Å². The molecule has 1 N–H and O–H groups in total. The van der Waals surface area contributed by atoms with Crippen molar-refractivity contribution in [3.8, 4) is 0 Å². The summed E-state index contributed by atoms with van der Waals surface area (Å²) in [4.78, 5) is 24.7. The third-order valence-electron chi connectivity index (χ3n) is 6.10. The first-order valence-electron chi connectivity index (χ1n) is 10.5. The number of rotatable bonds is 5. The molecule has 7 nitrogen and oxygen atoms in total. The summed E-state index contributed by atoms with van der Waals surface area (Å²) in [5.41, 5.74) is 3.46. The standard InChI is InChI=1S/C23H26N2O5S/c1-30-23(27)20-7-2-3-8-21(20)31(28,29)25-13-11-17(12-14-25)22(26)24-19-10-9-16-5-4-6-18(16)15-19/h2-3,7-10,15,17H,4-6,11-14H2,1H3,(H,24,26). The molecule has 1 aliphatic carbocycles. The summed E-state index contributed by atoms with van der Waals surface area (Å²) < 4.78 is 32.3. The maximum absolute atomic E-state index is 13.1. The van der Waals surface area contributed by atoms with Gasteiger partial charge >= 0.3 is 5.97 Å². The molecule has 4 rings (SSSR count). The molecule has 1 aliphatic heterocycles. The number of hydrogen-bond donors (Lipinski definition) is 1. The summed E-state index contributed by atoms with van der Waals surface area (Å²) in [7, 11) is -2.64. The number of aryl methyl sites for hydroxylation is 2. The van der Waals surface area contributed by atoms with E-state index < -0.39 is 16.0 Å². The zero-order valence-electron chi connectivity index (χ0n) is 17.5. The molecular weight excluding hydrogens is 416 g/mol. The van der Waals surface area contributed by atoms with Gasteiger partial charge in [-0.2, -0.15) is 4.31 Å². The summed E-state index contributed by atoms with van der Waals surface area (Å²) >= 11 is 0. The number of nitrogens with one attached hydrogen (secondary N) is 1. The van der Waals surface area contributed by atoms with Crippen LogP contribution in [0.4, 0.5) is 5.69 Å². The fraction of sp³-hybridized carbons (Fsp3) is 0.391.